The lowest BCUT2D eigenvalue weighted by atomic mass is 10.1. The van der Waals surface area contributed by atoms with E-state index in [1.54, 1.807) is 0 Å². The number of nitrogens with one attached hydrogen (secondary N) is 1. The number of aromatic amines is 1. The van der Waals surface area contributed by atoms with Crippen LogP contribution in [-0.4, -0.2) is 103 Å². The van der Waals surface area contributed by atoms with E-state index in [1.807, 2.05) is 0 Å². The highest BCUT2D eigenvalue weighted by atomic mass is 32.7. The van der Waals surface area contributed by atoms with Gasteiger partial charge in [0.2, 0.25) is 5.95 Å². The van der Waals surface area contributed by atoms with E-state index < -0.39 is 80.6 Å². The number of alkyl halides is 2. The standard InChI is InChI=1S/C19H22F2N11O8P2S3/c20-7-6-2-37-42(35,44)39-11-5(38-17(8(11)21)31-4-26-9-13(22)24-3-25-14(9)31)1-36-41(34,43)40-12(7)18(45-6)32-15-10(29-30-32)16(33)28-19(23)27-15/h3-8,11-12,17-18,34-35,43-44H,1-2H2,(H4-,22,23,24,25,27,28,30,33)/q+1/p+1/t5-,6-,7-,8+,11-,12-,17-,18-,41?,42?/m1/s1. The maximum atomic E-state index is 16.0. The minimum absolute atomic E-state index is 0.0577. The summed E-state index contributed by atoms with van der Waals surface area (Å²) in [5, 5.41) is 5.55. The third-order valence-corrected chi connectivity index (χ3v) is 11.9. The largest absolute Gasteiger partial charge is 0.476 e. The summed E-state index contributed by atoms with van der Waals surface area (Å²) in [5.41, 5.74) is 11.0. The van der Waals surface area contributed by atoms with Gasteiger partial charge in [0.25, 0.3) is 5.56 Å². The number of anilines is 2. The van der Waals surface area contributed by atoms with Gasteiger partial charge in [0.1, 0.15) is 42.7 Å². The van der Waals surface area contributed by atoms with Crippen LogP contribution in [0.15, 0.2) is 17.4 Å². The summed E-state index contributed by atoms with van der Waals surface area (Å²) >= 11 is 9.15. The molecule has 26 heteroatoms. The van der Waals surface area contributed by atoms with Crippen LogP contribution in [0.3, 0.4) is 0 Å². The van der Waals surface area contributed by atoms with Crippen molar-refractivity contribution in [1.29, 1.82) is 0 Å². The zero-order valence-corrected chi connectivity index (χ0v) is 26.6. The van der Waals surface area contributed by atoms with Gasteiger partial charge >= 0.3 is 14.3 Å². The number of nitrogens with zero attached hydrogens (tertiary/aromatic N) is 8. The average molecular weight is 730 g/mol. The molecule has 3 saturated heterocycles. The molecule has 0 amide bonds. The fraction of sp³-hybridized carbons (Fsp3) is 0.526. The summed E-state index contributed by atoms with van der Waals surface area (Å²) in [6, 6.07) is 0. The second kappa shape index (κ2) is 11.6. The first kappa shape index (κ1) is 31.5. The molecule has 3 aliphatic heterocycles. The van der Waals surface area contributed by atoms with Gasteiger partial charge in [-0.1, -0.05) is 5.21 Å². The van der Waals surface area contributed by atoms with E-state index in [-0.39, 0.29) is 34.1 Å². The molecule has 0 aliphatic carbocycles. The van der Waals surface area contributed by atoms with Crippen molar-refractivity contribution in [3.05, 3.63) is 23.0 Å². The molecule has 7 heterocycles. The minimum atomic E-state index is -4.19. The molecule has 4 aromatic rings. The van der Waals surface area contributed by atoms with E-state index in [0.717, 1.165) is 16.4 Å². The van der Waals surface area contributed by atoms with E-state index in [4.69, 9.17) is 34.3 Å². The Morgan fingerprint density at radius 3 is 2.53 bits per heavy atom. The molecule has 2 bridgehead atoms. The molecule has 0 saturated carbocycles. The molecular weight excluding hydrogens is 706 g/mol. The highest BCUT2D eigenvalue weighted by Crippen LogP contribution is 2.68. The SMILES string of the molecule is Nc1nc2c(nnn2[C@@H]2S[C@@H]3CO[P+](O)(S)O[C@H]4[C@H](F)[C@H](n5cnc6c(N)ncnc65)O[C@@H]4CO[P+](O)(S)O[C@@H]2[C@@H]3F)c(=O)[nH]1. The Hall–Kier alpha value is -2.08. The third kappa shape index (κ3) is 5.74. The number of H-pyrrole nitrogens is 1. The Morgan fingerprint density at radius 1 is 1.02 bits per heavy atom. The summed E-state index contributed by atoms with van der Waals surface area (Å²) in [6.45, 7) is -1.11. The molecule has 4 aromatic heterocycles. The van der Waals surface area contributed by atoms with Crippen molar-refractivity contribution in [2.24, 2.45) is 0 Å². The predicted octanol–water partition coefficient (Wildman–Crippen LogP) is 0.723. The van der Waals surface area contributed by atoms with Crippen LogP contribution in [0.4, 0.5) is 20.5 Å². The van der Waals surface area contributed by atoms with Crippen LogP contribution < -0.4 is 17.0 Å². The summed E-state index contributed by atoms with van der Waals surface area (Å²) in [5.74, 6) is -0.184. The average Bonchev–Trinajstić information content (AvgIpc) is 3.72. The molecule has 10 atom stereocenters. The number of hydrogen-bond donors (Lipinski definition) is 7. The highest BCUT2D eigenvalue weighted by Gasteiger charge is 2.60. The summed E-state index contributed by atoms with van der Waals surface area (Å²) in [6.07, 6.45) is -7.28. The lowest BCUT2D eigenvalue weighted by Gasteiger charge is -2.23. The van der Waals surface area contributed by atoms with Crippen molar-refractivity contribution in [3.8, 4) is 0 Å². The predicted molar refractivity (Wildman–Crippen MR) is 162 cm³/mol. The van der Waals surface area contributed by atoms with Crippen molar-refractivity contribution in [2.75, 3.05) is 24.7 Å². The summed E-state index contributed by atoms with van der Waals surface area (Å²) < 4.78 is 62.7. The molecule has 0 aromatic carbocycles. The van der Waals surface area contributed by atoms with Crippen molar-refractivity contribution in [3.63, 3.8) is 0 Å². The maximum absolute atomic E-state index is 16.0. The first-order chi connectivity index (χ1) is 21.3. The molecule has 3 aliphatic rings. The normalized spacial score (nSPS) is 37.7. The molecule has 242 valence electrons. The zero-order valence-electron chi connectivity index (χ0n) is 22.2. The molecule has 45 heavy (non-hydrogen) atoms. The Labute approximate surface area is 265 Å². The molecule has 0 radical (unpaired) electrons. The molecular formula is C19H23F2N11O8P2S3+2. The number of ether oxygens (including phenoxy) is 1. The van der Waals surface area contributed by atoms with Gasteiger partial charge in [0, 0.05) is 0 Å². The number of imidazole rings is 1. The number of nitrogens with two attached hydrogens (primary N) is 2. The van der Waals surface area contributed by atoms with Gasteiger partial charge in [0.05, 0.1) is 36.1 Å². The molecule has 0 spiro atoms. The monoisotopic (exact) mass is 729 g/mol. The maximum Gasteiger partial charge on any atom is 0.476 e. The van der Waals surface area contributed by atoms with Gasteiger partial charge in [-0.15, -0.1) is 16.9 Å². The number of nitrogen functional groups attached to an aromatic ring is 2. The van der Waals surface area contributed by atoms with Crippen LogP contribution in [0.1, 0.15) is 11.6 Å². The Balaban J connectivity index is 1.20. The van der Waals surface area contributed by atoms with Gasteiger partial charge < -0.3 is 16.2 Å². The second-order valence-electron chi connectivity index (χ2n) is 9.97. The van der Waals surface area contributed by atoms with E-state index in [9.17, 15) is 14.6 Å². The van der Waals surface area contributed by atoms with E-state index >= 15 is 8.78 Å². The first-order valence-corrected chi connectivity index (χ1v) is 19.2. The number of fused-ring (bicyclic) bond motifs is 5. The van der Waals surface area contributed by atoms with Gasteiger partial charge in [-0.2, -0.15) is 32.9 Å². The van der Waals surface area contributed by atoms with Crippen molar-refractivity contribution >= 4 is 84.6 Å². The van der Waals surface area contributed by atoms with Crippen LogP contribution in [0.2, 0.25) is 0 Å². The smallest absolute Gasteiger partial charge is 0.382 e. The number of halogens is 2. The zero-order chi connectivity index (χ0) is 31.8. The Kier molecular flexibility index (Phi) is 8.10. The molecule has 3 fully saturated rings. The van der Waals surface area contributed by atoms with Crippen LogP contribution in [0.5, 0.6) is 0 Å². The van der Waals surface area contributed by atoms with E-state index in [2.05, 4.69) is 59.7 Å². The molecule has 2 unspecified atom stereocenters. The van der Waals surface area contributed by atoms with Gasteiger partial charge in [-0.25, -0.2) is 28.4 Å². The van der Waals surface area contributed by atoms with Crippen LogP contribution >= 0.6 is 50.5 Å². The summed E-state index contributed by atoms with van der Waals surface area (Å²) in [7, 11) is -8.34. The van der Waals surface area contributed by atoms with E-state index in [1.165, 1.54) is 17.2 Å². The lowest BCUT2D eigenvalue weighted by Crippen LogP contribution is -2.34. The minimum Gasteiger partial charge on any atom is -0.382 e. The molecule has 19 nitrogen and oxygen atoms in total. The van der Waals surface area contributed by atoms with Gasteiger partial charge in [-0.05, 0) is 0 Å². The van der Waals surface area contributed by atoms with Crippen molar-refractivity contribution in [1.82, 2.24) is 44.5 Å². The number of thiol groups is 2. The van der Waals surface area contributed by atoms with Gasteiger partial charge in [0.15, 0.2) is 47.2 Å². The quantitative estimate of drug-likeness (QED) is 0.111. The number of rotatable bonds is 2. The molecule has 7 N–H and O–H groups in total. The van der Waals surface area contributed by atoms with Crippen molar-refractivity contribution in [2.45, 2.75) is 47.5 Å². The summed E-state index contributed by atoms with van der Waals surface area (Å²) in [4.78, 5) is 52.8. The van der Waals surface area contributed by atoms with Crippen LogP contribution in [0, 0.1) is 0 Å². The Bertz CT molecular complexity index is 1820. The topological polar surface area (TPSA) is 259 Å². The third-order valence-electron chi connectivity index (χ3n) is 7.12. The van der Waals surface area contributed by atoms with Crippen molar-refractivity contribution < 1.29 is 41.4 Å². The molecule has 7 rings (SSSR count). The van der Waals surface area contributed by atoms with Crippen LogP contribution in [-0.2, 0) is 22.8 Å². The van der Waals surface area contributed by atoms with E-state index in [0.29, 0.717) is 0 Å². The van der Waals surface area contributed by atoms with Gasteiger partial charge in [-0.3, -0.25) is 14.3 Å². The lowest BCUT2D eigenvalue weighted by molar-refractivity contribution is -0.0445. The first-order valence-electron chi connectivity index (χ1n) is 12.8. The number of thioether (sulfide) groups is 1. The fourth-order valence-corrected chi connectivity index (χ4v) is 9.72. The fourth-order valence-electron chi connectivity index (χ4n) is 5.12. The Morgan fingerprint density at radius 2 is 1.76 bits per heavy atom. The number of aromatic nitrogens is 9. The second-order valence-corrected chi connectivity index (χ2v) is 17.3. The van der Waals surface area contributed by atoms with Crippen LogP contribution in [0.25, 0.3) is 22.3 Å². The number of hydrogen-bond acceptors (Lipinski definition) is 19. The highest BCUT2D eigenvalue weighted by molar-refractivity contribution is 8.47.